The van der Waals surface area contributed by atoms with E-state index in [0.717, 1.165) is 60.2 Å². The van der Waals surface area contributed by atoms with Crippen molar-refractivity contribution in [2.75, 3.05) is 18.4 Å². The summed E-state index contributed by atoms with van der Waals surface area (Å²) in [6, 6.07) is 14.8. The van der Waals surface area contributed by atoms with Gasteiger partial charge in [-0.25, -0.2) is 4.68 Å². The highest BCUT2D eigenvalue weighted by Gasteiger charge is 2.29. The smallest absolute Gasteiger partial charge is 0.225 e. The van der Waals surface area contributed by atoms with Gasteiger partial charge in [-0.3, -0.25) is 14.7 Å². The molecule has 36 heavy (non-hydrogen) atoms. The molecule has 0 bridgehead atoms. The number of benzene rings is 2. The van der Waals surface area contributed by atoms with Gasteiger partial charge < -0.3 is 5.32 Å². The number of fused-ring (bicyclic) bond motifs is 2. The molecule has 2 aliphatic rings. The Bertz CT molecular complexity index is 1550. The van der Waals surface area contributed by atoms with Gasteiger partial charge in [-0.2, -0.15) is 15.2 Å². The molecule has 0 atom stereocenters. The van der Waals surface area contributed by atoms with E-state index in [2.05, 4.69) is 74.5 Å². The summed E-state index contributed by atoms with van der Waals surface area (Å²) in [4.78, 5) is 7.24. The molecule has 0 unspecified atom stereocenters. The van der Waals surface area contributed by atoms with E-state index in [4.69, 9.17) is 15.2 Å². The van der Waals surface area contributed by atoms with Gasteiger partial charge in [-0.15, -0.1) is 5.10 Å². The Morgan fingerprint density at radius 3 is 2.69 bits per heavy atom. The number of hydrogen-bond donors (Lipinski definition) is 2. The summed E-state index contributed by atoms with van der Waals surface area (Å²) in [6.45, 7) is 5.22. The third-order valence-corrected chi connectivity index (χ3v) is 7.43. The molecule has 7 rings (SSSR count). The molecule has 9 heteroatoms. The van der Waals surface area contributed by atoms with E-state index in [1.165, 1.54) is 29.5 Å². The average Bonchev–Trinajstić information content (AvgIpc) is 3.30. The number of likely N-dealkylation sites (N-methyl/N-ethyl adjacent to an activating group) is 1. The van der Waals surface area contributed by atoms with Gasteiger partial charge in [0.1, 0.15) is 0 Å². The number of aromatic amines is 1. The molecule has 4 heterocycles. The number of nitrogens with one attached hydrogen (secondary N) is 2. The van der Waals surface area contributed by atoms with E-state index in [9.17, 15) is 0 Å². The van der Waals surface area contributed by atoms with Crippen LogP contribution in [0.3, 0.4) is 0 Å². The predicted octanol–water partition coefficient (Wildman–Crippen LogP) is 4.68. The molecule has 0 spiro atoms. The van der Waals surface area contributed by atoms with Crippen molar-refractivity contribution in [3.05, 3.63) is 59.9 Å². The molecular weight excluding hydrogens is 450 g/mol. The lowest BCUT2D eigenvalue weighted by Crippen LogP contribution is -2.34. The first kappa shape index (κ1) is 21.3. The standard InChI is InChI=1S/C27H29N9/c1-3-35-13-12-20-14-24(32-36(20)16-35)17-4-8-19(9-5-17)26-30-27(34(2)33-26)29-23-11-10-22-21(15-28-31-22)25(23)18-6-7-18/h4-5,8-11,14-15,18H,3,6-7,12-13,16H2,1-2H3,(H,28,31)(H,29,30,33). The summed E-state index contributed by atoms with van der Waals surface area (Å²) in [7, 11) is 1.93. The van der Waals surface area contributed by atoms with Gasteiger partial charge >= 0.3 is 0 Å². The average molecular weight is 480 g/mol. The lowest BCUT2D eigenvalue weighted by atomic mass is 10.0. The predicted molar refractivity (Wildman–Crippen MR) is 140 cm³/mol. The van der Waals surface area contributed by atoms with Crippen LogP contribution in [-0.2, 0) is 20.1 Å². The van der Waals surface area contributed by atoms with E-state index in [-0.39, 0.29) is 0 Å². The Morgan fingerprint density at radius 2 is 1.89 bits per heavy atom. The van der Waals surface area contributed by atoms with Crippen LogP contribution >= 0.6 is 0 Å². The number of hydrogen-bond acceptors (Lipinski definition) is 6. The Labute approximate surface area is 209 Å². The zero-order chi connectivity index (χ0) is 24.2. The quantitative estimate of drug-likeness (QED) is 0.367. The summed E-state index contributed by atoms with van der Waals surface area (Å²) < 4.78 is 3.94. The Balaban J connectivity index is 1.14. The Morgan fingerprint density at radius 1 is 1.06 bits per heavy atom. The highest BCUT2D eigenvalue weighted by Crippen LogP contribution is 2.47. The number of nitrogens with zero attached hydrogens (tertiary/aromatic N) is 7. The first-order chi connectivity index (χ1) is 17.7. The normalized spacial score (nSPS) is 15.9. The van der Waals surface area contributed by atoms with Crippen LogP contribution in [0.2, 0.25) is 0 Å². The molecule has 2 N–H and O–H groups in total. The van der Waals surface area contributed by atoms with Gasteiger partial charge in [-0.05, 0) is 49.1 Å². The highest BCUT2D eigenvalue weighted by atomic mass is 15.4. The zero-order valence-corrected chi connectivity index (χ0v) is 20.6. The van der Waals surface area contributed by atoms with Crippen LogP contribution in [-0.4, -0.2) is 52.7 Å². The van der Waals surface area contributed by atoms with Crippen molar-refractivity contribution in [3.63, 3.8) is 0 Å². The molecule has 1 aliphatic carbocycles. The fourth-order valence-corrected chi connectivity index (χ4v) is 5.20. The van der Waals surface area contributed by atoms with Crippen LogP contribution < -0.4 is 5.32 Å². The summed E-state index contributed by atoms with van der Waals surface area (Å²) in [6.07, 6.45) is 5.40. The number of aromatic nitrogens is 7. The fraction of sp³-hybridized carbons (Fsp3) is 0.333. The van der Waals surface area contributed by atoms with Crippen molar-refractivity contribution in [2.45, 2.75) is 38.8 Å². The first-order valence-corrected chi connectivity index (χ1v) is 12.7. The van der Waals surface area contributed by atoms with E-state index >= 15 is 0 Å². The maximum Gasteiger partial charge on any atom is 0.225 e. The van der Waals surface area contributed by atoms with Crippen LogP contribution in [0.25, 0.3) is 33.5 Å². The summed E-state index contributed by atoms with van der Waals surface area (Å²) >= 11 is 0. The van der Waals surface area contributed by atoms with E-state index in [1.807, 2.05) is 17.9 Å². The maximum absolute atomic E-state index is 4.85. The molecule has 9 nitrogen and oxygen atoms in total. The van der Waals surface area contributed by atoms with Gasteiger partial charge in [0.15, 0.2) is 5.82 Å². The number of H-pyrrole nitrogens is 1. The van der Waals surface area contributed by atoms with E-state index in [0.29, 0.717) is 11.7 Å². The molecule has 0 radical (unpaired) electrons. The Kier molecular flexibility index (Phi) is 4.92. The lowest BCUT2D eigenvalue weighted by Gasteiger charge is -2.26. The van der Waals surface area contributed by atoms with Gasteiger partial charge in [0.2, 0.25) is 5.95 Å². The molecule has 182 valence electrons. The second kappa shape index (κ2) is 8.30. The minimum Gasteiger partial charge on any atom is -0.324 e. The molecule has 2 aromatic carbocycles. The summed E-state index contributed by atoms with van der Waals surface area (Å²) in [5.41, 5.74) is 7.89. The van der Waals surface area contributed by atoms with Crippen molar-refractivity contribution in [1.29, 1.82) is 0 Å². The van der Waals surface area contributed by atoms with Crippen molar-refractivity contribution >= 4 is 22.5 Å². The minimum atomic E-state index is 0.577. The molecule has 5 aromatic rings. The van der Waals surface area contributed by atoms with Gasteiger partial charge in [0, 0.05) is 47.9 Å². The first-order valence-electron chi connectivity index (χ1n) is 12.7. The number of aryl methyl sites for hydroxylation is 1. The second-order valence-electron chi connectivity index (χ2n) is 9.84. The van der Waals surface area contributed by atoms with Gasteiger partial charge in [0.25, 0.3) is 0 Å². The van der Waals surface area contributed by atoms with Crippen LogP contribution in [0.4, 0.5) is 11.6 Å². The molecule has 1 aliphatic heterocycles. The number of anilines is 2. The molecule has 1 saturated carbocycles. The topological polar surface area (TPSA) is 92.5 Å². The number of rotatable bonds is 6. The zero-order valence-electron chi connectivity index (χ0n) is 20.6. The van der Waals surface area contributed by atoms with Gasteiger partial charge in [-0.1, -0.05) is 31.2 Å². The van der Waals surface area contributed by atoms with Crippen LogP contribution in [0, 0.1) is 0 Å². The molecule has 0 amide bonds. The van der Waals surface area contributed by atoms with Crippen molar-refractivity contribution in [2.24, 2.45) is 7.05 Å². The summed E-state index contributed by atoms with van der Waals surface area (Å²) in [5, 5.41) is 21.6. The molecule has 0 saturated heterocycles. The van der Waals surface area contributed by atoms with Crippen LogP contribution in [0.1, 0.15) is 36.9 Å². The maximum atomic E-state index is 4.85. The monoisotopic (exact) mass is 479 g/mol. The SMILES string of the molecule is CCN1CCc2cc(-c3ccc(-c4nc(Nc5ccc6[nH]ncc6c5C5CC5)n(C)n4)cc3)nn2C1. The van der Waals surface area contributed by atoms with Crippen molar-refractivity contribution in [1.82, 2.24) is 39.6 Å². The lowest BCUT2D eigenvalue weighted by molar-refractivity contribution is 0.191. The third-order valence-electron chi connectivity index (χ3n) is 7.43. The van der Waals surface area contributed by atoms with Crippen LogP contribution in [0.5, 0.6) is 0 Å². The molecule has 3 aromatic heterocycles. The third kappa shape index (κ3) is 3.67. The Hall–Kier alpha value is -3.98. The van der Waals surface area contributed by atoms with Gasteiger partial charge in [0.05, 0.1) is 24.1 Å². The van der Waals surface area contributed by atoms with Crippen molar-refractivity contribution < 1.29 is 0 Å². The highest BCUT2D eigenvalue weighted by molar-refractivity contribution is 5.89. The van der Waals surface area contributed by atoms with E-state index in [1.54, 1.807) is 0 Å². The largest absolute Gasteiger partial charge is 0.324 e. The minimum absolute atomic E-state index is 0.577. The molecular formula is C27H29N9. The molecule has 1 fully saturated rings. The fourth-order valence-electron chi connectivity index (χ4n) is 5.20. The second-order valence-corrected chi connectivity index (χ2v) is 9.84. The van der Waals surface area contributed by atoms with E-state index < -0.39 is 0 Å². The summed E-state index contributed by atoms with van der Waals surface area (Å²) in [5.74, 6) is 2.00. The van der Waals surface area contributed by atoms with Crippen LogP contribution in [0.15, 0.2) is 48.7 Å². The van der Waals surface area contributed by atoms with Crippen molar-refractivity contribution in [3.8, 4) is 22.6 Å².